The third-order valence-electron chi connectivity index (χ3n) is 5.11. The van der Waals surface area contributed by atoms with E-state index in [-0.39, 0.29) is 17.6 Å². The van der Waals surface area contributed by atoms with E-state index in [0.29, 0.717) is 25.1 Å². The molecule has 0 saturated carbocycles. The number of alkyl halides is 3. The SMILES string of the molecule is CCC(=O)N1CC2CC1c1c(O)n(-c3cccc(C(F)(F)F)c3)c(=O)n12. The molecule has 3 heterocycles. The smallest absolute Gasteiger partial charge is 0.416 e. The van der Waals surface area contributed by atoms with Crippen molar-refractivity contribution in [1.82, 2.24) is 14.0 Å². The molecule has 9 heteroatoms. The van der Waals surface area contributed by atoms with E-state index in [1.807, 2.05) is 0 Å². The molecule has 0 aliphatic carbocycles. The molecule has 1 fully saturated rings. The molecule has 26 heavy (non-hydrogen) atoms. The molecule has 1 saturated heterocycles. The fourth-order valence-corrected chi connectivity index (χ4v) is 3.98. The van der Waals surface area contributed by atoms with Gasteiger partial charge in [-0.05, 0) is 24.6 Å². The fourth-order valence-electron chi connectivity index (χ4n) is 3.98. The van der Waals surface area contributed by atoms with E-state index in [9.17, 15) is 27.9 Å². The quantitative estimate of drug-likeness (QED) is 0.887. The molecule has 6 nitrogen and oxygen atoms in total. The summed E-state index contributed by atoms with van der Waals surface area (Å²) in [5.74, 6) is -0.488. The zero-order chi connectivity index (χ0) is 18.8. The van der Waals surface area contributed by atoms with Gasteiger partial charge in [0.2, 0.25) is 11.8 Å². The summed E-state index contributed by atoms with van der Waals surface area (Å²) < 4.78 is 41.2. The lowest BCUT2D eigenvalue weighted by Crippen LogP contribution is -2.37. The number of imidazole rings is 1. The van der Waals surface area contributed by atoms with E-state index in [2.05, 4.69) is 0 Å². The minimum Gasteiger partial charge on any atom is -0.493 e. The maximum atomic E-state index is 13.0. The Morgan fingerprint density at radius 3 is 2.73 bits per heavy atom. The van der Waals surface area contributed by atoms with Crippen LogP contribution in [0.2, 0.25) is 0 Å². The molecule has 1 aromatic carbocycles. The van der Waals surface area contributed by atoms with Gasteiger partial charge >= 0.3 is 11.9 Å². The van der Waals surface area contributed by atoms with Gasteiger partial charge in [-0.2, -0.15) is 13.2 Å². The lowest BCUT2D eigenvalue weighted by Gasteiger charge is -2.27. The van der Waals surface area contributed by atoms with Crippen LogP contribution in [-0.2, 0) is 11.0 Å². The molecule has 4 rings (SSSR count). The topological polar surface area (TPSA) is 67.5 Å². The van der Waals surface area contributed by atoms with E-state index in [1.165, 1.54) is 16.7 Å². The monoisotopic (exact) mass is 367 g/mol. The van der Waals surface area contributed by atoms with Crippen LogP contribution in [0.1, 0.15) is 43.1 Å². The molecular weight excluding hydrogens is 351 g/mol. The first-order chi connectivity index (χ1) is 12.2. The summed E-state index contributed by atoms with van der Waals surface area (Å²) in [6.07, 6.45) is -3.71. The molecule has 2 bridgehead atoms. The van der Waals surface area contributed by atoms with Crippen molar-refractivity contribution in [1.29, 1.82) is 0 Å². The molecule has 0 spiro atoms. The number of likely N-dealkylation sites (tertiary alicyclic amines) is 1. The largest absolute Gasteiger partial charge is 0.493 e. The number of carbonyl (C=O) groups excluding carboxylic acids is 1. The van der Waals surface area contributed by atoms with Crippen LogP contribution in [-0.4, -0.2) is 31.6 Å². The maximum absolute atomic E-state index is 13.0. The molecule has 2 atom stereocenters. The van der Waals surface area contributed by atoms with E-state index >= 15 is 0 Å². The van der Waals surface area contributed by atoms with Gasteiger partial charge in [-0.15, -0.1) is 0 Å². The number of carbonyl (C=O) groups is 1. The first kappa shape index (κ1) is 16.7. The van der Waals surface area contributed by atoms with Gasteiger partial charge in [0.05, 0.1) is 23.3 Å². The number of hydrogen-bond acceptors (Lipinski definition) is 3. The summed E-state index contributed by atoms with van der Waals surface area (Å²) in [6, 6.07) is 3.56. The highest BCUT2D eigenvalue weighted by atomic mass is 19.4. The van der Waals surface area contributed by atoms with E-state index in [0.717, 1.165) is 16.7 Å². The second kappa shape index (κ2) is 5.39. The molecule has 0 radical (unpaired) electrons. The Hall–Kier alpha value is -2.71. The normalized spacial score (nSPS) is 21.3. The van der Waals surface area contributed by atoms with Crippen molar-refractivity contribution < 1.29 is 23.1 Å². The van der Waals surface area contributed by atoms with Crippen molar-refractivity contribution in [2.45, 2.75) is 38.0 Å². The molecule has 1 N–H and O–H groups in total. The first-order valence-electron chi connectivity index (χ1n) is 8.27. The average molecular weight is 367 g/mol. The van der Waals surface area contributed by atoms with Gasteiger partial charge in [0, 0.05) is 13.0 Å². The first-order valence-corrected chi connectivity index (χ1v) is 8.27. The average Bonchev–Trinajstić information content (AvgIpc) is 3.25. The van der Waals surface area contributed by atoms with Crippen LogP contribution in [0.3, 0.4) is 0 Å². The van der Waals surface area contributed by atoms with Crippen LogP contribution in [0.25, 0.3) is 5.69 Å². The second-order valence-electron chi connectivity index (χ2n) is 6.55. The molecule has 1 aromatic heterocycles. The van der Waals surface area contributed by atoms with Crippen molar-refractivity contribution in [2.24, 2.45) is 0 Å². The van der Waals surface area contributed by atoms with Gasteiger partial charge < -0.3 is 10.0 Å². The van der Waals surface area contributed by atoms with Crippen LogP contribution >= 0.6 is 0 Å². The minimum atomic E-state index is -4.55. The van der Waals surface area contributed by atoms with Gasteiger partial charge in [0.1, 0.15) is 5.69 Å². The van der Waals surface area contributed by atoms with Gasteiger partial charge in [-0.25, -0.2) is 9.36 Å². The third kappa shape index (κ3) is 2.19. The lowest BCUT2D eigenvalue weighted by molar-refractivity contribution is -0.137. The van der Waals surface area contributed by atoms with E-state index in [1.54, 1.807) is 11.8 Å². The van der Waals surface area contributed by atoms with Crippen molar-refractivity contribution in [2.75, 3.05) is 6.54 Å². The number of aromatic hydroxyl groups is 1. The van der Waals surface area contributed by atoms with Crippen molar-refractivity contribution in [3.8, 4) is 11.6 Å². The van der Waals surface area contributed by atoms with Crippen molar-refractivity contribution in [3.63, 3.8) is 0 Å². The number of rotatable bonds is 2. The Morgan fingerprint density at radius 1 is 1.35 bits per heavy atom. The van der Waals surface area contributed by atoms with E-state index in [4.69, 9.17) is 0 Å². The van der Waals surface area contributed by atoms with Gasteiger partial charge in [0.15, 0.2) is 0 Å². The lowest BCUT2D eigenvalue weighted by atomic mass is 10.1. The molecule has 2 aromatic rings. The Morgan fingerprint density at radius 2 is 2.08 bits per heavy atom. The predicted molar refractivity (Wildman–Crippen MR) is 85.1 cm³/mol. The van der Waals surface area contributed by atoms with Crippen LogP contribution in [0, 0.1) is 0 Å². The fraction of sp³-hybridized carbons (Fsp3) is 0.412. The Kier molecular flexibility index (Phi) is 3.47. The number of aromatic nitrogens is 2. The highest BCUT2D eigenvalue weighted by Crippen LogP contribution is 2.48. The van der Waals surface area contributed by atoms with Crippen molar-refractivity contribution >= 4 is 5.91 Å². The number of nitrogens with zero attached hydrogens (tertiary/aromatic N) is 3. The molecule has 2 aliphatic heterocycles. The number of hydrogen-bond donors (Lipinski definition) is 1. The van der Waals surface area contributed by atoms with Crippen LogP contribution in [0.4, 0.5) is 13.2 Å². The number of halogens is 3. The number of benzene rings is 1. The zero-order valence-electron chi connectivity index (χ0n) is 13.8. The second-order valence-corrected chi connectivity index (χ2v) is 6.55. The maximum Gasteiger partial charge on any atom is 0.416 e. The minimum absolute atomic E-state index is 0.0583. The molecule has 138 valence electrons. The zero-order valence-corrected chi connectivity index (χ0v) is 13.8. The highest BCUT2D eigenvalue weighted by molar-refractivity contribution is 5.77. The van der Waals surface area contributed by atoms with Crippen molar-refractivity contribution in [3.05, 3.63) is 46.0 Å². The molecule has 2 aliphatic rings. The summed E-state index contributed by atoms with van der Waals surface area (Å²) in [4.78, 5) is 26.4. The summed E-state index contributed by atoms with van der Waals surface area (Å²) in [5.41, 5.74) is -1.26. The Labute approximate surface area is 146 Å². The number of fused-ring (bicyclic) bond motifs is 5. The summed E-state index contributed by atoms with van der Waals surface area (Å²) in [6.45, 7) is 2.10. The van der Waals surface area contributed by atoms with Gasteiger partial charge in [-0.3, -0.25) is 9.36 Å². The summed E-state index contributed by atoms with van der Waals surface area (Å²) >= 11 is 0. The molecule has 2 unspecified atom stereocenters. The molecule has 1 amide bonds. The summed E-state index contributed by atoms with van der Waals surface area (Å²) in [7, 11) is 0. The van der Waals surface area contributed by atoms with Gasteiger partial charge in [-0.1, -0.05) is 13.0 Å². The number of amides is 1. The Bertz CT molecular complexity index is 960. The molecular formula is C17H16F3N3O3. The van der Waals surface area contributed by atoms with Crippen LogP contribution in [0.5, 0.6) is 5.88 Å². The predicted octanol–water partition coefficient (Wildman–Crippen LogP) is 2.60. The highest BCUT2D eigenvalue weighted by Gasteiger charge is 2.48. The van der Waals surface area contributed by atoms with Gasteiger partial charge in [0.25, 0.3) is 0 Å². The van der Waals surface area contributed by atoms with Crippen LogP contribution in [0.15, 0.2) is 29.1 Å². The third-order valence-corrected chi connectivity index (χ3v) is 5.11. The van der Waals surface area contributed by atoms with E-state index < -0.39 is 29.4 Å². The Balaban J connectivity index is 1.84. The summed E-state index contributed by atoms with van der Waals surface area (Å²) in [5, 5.41) is 10.6. The standard InChI is InChI=1S/C17H16F3N3O3/c1-2-13(24)21-8-11-7-12(21)14-15(25)23(16(26)22(11)14)10-5-3-4-9(6-10)17(18,19)20/h3-6,11-12,25H,2,7-8H2,1H3. The van der Waals surface area contributed by atoms with Crippen LogP contribution < -0.4 is 5.69 Å².